The molecule has 0 spiro atoms. The Labute approximate surface area is 105 Å². The van der Waals surface area contributed by atoms with E-state index in [0.29, 0.717) is 5.69 Å². The zero-order valence-electron chi connectivity index (χ0n) is 10.2. The van der Waals surface area contributed by atoms with Gasteiger partial charge in [-0.05, 0) is 25.1 Å². The second-order valence-electron chi connectivity index (χ2n) is 4.47. The summed E-state index contributed by atoms with van der Waals surface area (Å²) in [5.74, 6) is 0. The van der Waals surface area contributed by atoms with E-state index in [4.69, 9.17) is 10.00 Å². The van der Waals surface area contributed by atoms with E-state index >= 15 is 0 Å². The van der Waals surface area contributed by atoms with Crippen molar-refractivity contribution in [3.8, 4) is 6.07 Å². The van der Waals surface area contributed by atoms with Crippen LogP contribution in [0.5, 0.6) is 0 Å². The summed E-state index contributed by atoms with van der Waals surface area (Å²) in [6.07, 6.45) is 1.96. The molecule has 3 heterocycles. The van der Waals surface area contributed by atoms with E-state index in [2.05, 4.69) is 23.0 Å². The van der Waals surface area contributed by atoms with Crippen LogP contribution in [0, 0.1) is 11.3 Å². The second-order valence-corrected chi connectivity index (χ2v) is 4.47. The topological polar surface area (TPSA) is 53.6 Å². The first kappa shape index (κ1) is 11.1. The summed E-state index contributed by atoms with van der Waals surface area (Å²) in [6, 6.07) is 7.90. The van der Waals surface area contributed by atoms with E-state index in [1.54, 1.807) is 10.7 Å². The molecule has 1 aliphatic heterocycles. The number of morpholine rings is 1. The van der Waals surface area contributed by atoms with Crippen molar-refractivity contribution in [2.75, 3.05) is 24.6 Å². The van der Waals surface area contributed by atoms with Gasteiger partial charge in [-0.15, -0.1) is 0 Å². The van der Waals surface area contributed by atoms with Gasteiger partial charge in [0.2, 0.25) is 0 Å². The van der Waals surface area contributed by atoms with Crippen LogP contribution in [0.25, 0.3) is 5.52 Å². The summed E-state index contributed by atoms with van der Waals surface area (Å²) in [5.41, 5.74) is 2.64. The van der Waals surface area contributed by atoms with E-state index in [1.165, 1.54) is 0 Å². The van der Waals surface area contributed by atoms with E-state index in [0.717, 1.165) is 30.9 Å². The maximum absolute atomic E-state index is 9.05. The first-order valence-corrected chi connectivity index (χ1v) is 6.03. The molecule has 0 aromatic carbocycles. The number of aromatic nitrogens is 2. The van der Waals surface area contributed by atoms with Crippen molar-refractivity contribution in [1.82, 2.24) is 9.61 Å². The molecule has 0 saturated carbocycles. The Balaban J connectivity index is 2.07. The zero-order valence-corrected chi connectivity index (χ0v) is 10.2. The number of ether oxygens (including phenoxy) is 1. The van der Waals surface area contributed by atoms with Gasteiger partial charge in [0.1, 0.15) is 11.8 Å². The molecule has 0 N–H and O–H groups in total. The lowest BCUT2D eigenvalue weighted by Crippen LogP contribution is -2.41. The molecule has 1 atom stereocenters. The minimum atomic E-state index is 0.234. The maximum atomic E-state index is 9.05. The molecule has 0 radical (unpaired) electrons. The van der Waals surface area contributed by atoms with Crippen molar-refractivity contribution in [2.24, 2.45) is 0 Å². The molecule has 18 heavy (non-hydrogen) atoms. The van der Waals surface area contributed by atoms with Gasteiger partial charge in [-0.1, -0.05) is 0 Å². The molecule has 3 rings (SSSR count). The number of rotatable bonds is 1. The molecule has 1 unspecified atom stereocenters. The highest BCUT2D eigenvalue weighted by atomic mass is 16.5. The molecular formula is C13H14N4O. The SMILES string of the molecule is CC1CN(c2ccc(C#N)n3nccc23)CCO1. The first-order valence-electron chi connectivity index (χ1n) is 6.03. The van der Waals surface area contributed by atoms with Crippen LogP contribution < -0.4 is 4.90 Å². The van der Waals surface area contributed by atoms with Crippen LogP contribution >= 0.6 is 0 Å². The number of pyridine rings is 1. The molecular weight excluding hydrogens is 228 g/mol. The highest BCUT2D eigenvalue weighted by Gasteiger charge is 2.19. The predicted molar refractivity (Wildman–Crippen MR) is 67.5 cm³/mol. The average molecular weight is 242 g/mol. The first-order chi connectivity index (χ1) is 8.79. The van der Waals surface area contributed by atoms with E-state index in [9.17, 15) is 0 Å². The second kappa shape index (κ2) is 4.31. The van der Waals surface area contributed by atoms with Crippen molar-refractivity contribution in [3.05, 3.63) is 30.1 Å². The van der Waals surface area contributed by atoms with Gasteiger partial charge in [-0.3, -0.25) is 0 Å². The van der Waals surface area contributed by atoms with E-state index < -0.39 is 0 Å². The molecule has 2 aromatic heterocycles. The number of nitrogens with zero attached hydrogens (tertiary/aromatic N) is 4. The van der Waals surface area contributed by atoms with Crippen LogP contribution in [0.4, 0.5) is 5.69 Å². The lowest BCUT2D eigenvalue weighted by Gasteiger charge is -2.33. The molecule has 2 aromatic rings. The van der Waals surface area contributed by atoms with Crippen molar-refractivity contribution in [1.29, 1.82) is 5.26 Å². The van der Waals surface area contributed by atoms with Gasteiger partial charge in [-0.2, -0.15) is 10.4 Å². The highest BCUT2D eigenvalue weighted by Crippen LogP contribution is 2.24. The Morgan fingerprint density at radius 3 is 3.11 bits per heavy atom. The molecule has 5 heteroatoms. The Hall–Kier alpha value is -2.06. The minimum Gasteiger partial charge on any atom is -0.375 e. The van der Waals surface area contributed by atoms with Gasteiger partial charge in [0.15, 0.2) is 0 Å². The van der Waals surface area contributed by atoms with E-state index in [1.807, 2.05) is 18.2 Å². The van der Waals surface area contributed by atoms with Gasteiger partial charge in [-0.25, -0.2) is 4.52 Å². The Bertz CT molecular complexity index is 613. The lowest BCUT2D eigenvalue weighted by molar-refractivity contribution is 0.0533. The third kappa shape index (κ3) is 1.71. The summed E-state index contributed by atoms with van der Waals surface area (Å²) >= 11 is 0. The molecule has 92 valence electrons. The Kier molecular flexibility index (Phi) is 2.65. The summed E-state index contributed by atoms with van der Waals surface area (Å²) in [5, 5.41) is 13.3. The van der Waals surface area contributed by atoms with Gasteiger partial charge in [0.05, 0.1) is 30.1 Å². The number of hydrogen-bond donors (Lipinski definition) is 0. The Morgan fingerprint density at radius 2 is 2.33 bits per heavy atom. The molecule has 0 aliphatic carbocycles. The highest BCUT2D eigenvalue weighted by molar-refractivity contribution is 5.74. The Morgan fingerprint density at radius 1 is 1.44 bits per heavy atom. The van der Waals surface area contributed by atoms with Gasteiger partial charge in [0, 0.05) is 13.1 Å². The van der Waals surface area contributed by atoms with E-state index in [-0.39, 0.29) is 6.10 Å². The van der Waals surface area contributed by atoms with Gasteiger partial charge < -0.3 is 9.64 Å². The third-order valence-electron chi connectivity index (χ3n) is 3.23. The number of hydrogen-bond acceptors (Lipinski definition) is 4. The molecule has 0 bridgehead atoms. The monoisotopic (exact) mass is 242 g/mol. The predicted octanol–water partition coefficient (Wildman–Crippen LogP) is 1.43. The smallest absolute Gasteiger partial charge is 0.142 e. The van der Waals surface area contributed by atoms with Crippen LogP contribution in [0.3, 0.4) is 0 Å². The van der Waals surface area contributed by atoms with Crippen LogP contribution in [0.2, 0.25) is 0 Å². The van der Waals surface area contributed by atoms with Crippen molar-refractivity contribution >= 4 is 11.2 Å². The normalized spacial score (nSPS) is 20.0. The summed E-state index contributed by atoms with van der Waals surface area (Å²) in [7, 11) is 0. The van der Waals surface area contributed by atoms with Crippen LogP contribution in [-0.2, 0) is 4.74 Å². The number of fused-ring (bicyclic) bond motifs is 1. The maximum Gasteiger partial charge on any atom is 0.142 e. The lowest BCUT2D eigenvalue weighted by atomic mass is 10.2. The molecule has 1 aliphatic rings. The molecule has 0 amide bonds. The van der Waals surface area contributed by atoms with Crippen LogP contribution in [0.1, 0.15) is 12.6 Å². The quantitative estimate of drug-likeness (QED) is 0.759. The average Bonchev–Trinajstić information content (AvgIpc) is 2.86. The standard InChI is InChI=1S/C13H14N4O/c1-10-9-16(6-7-18-10)12-3-2-11(8-14)17-13(12)4-5-15-17/h2-5,10H,6-7,9H2,1H3. The minimum absolute atomic E-state index is 0.234. The van der Waals surface area contributed by atoms with Crippen molar-refractivity contribution in [3.63, 3.8) is 0 Å². The fourth-order valence-corrected chi connectivity index (χ4v) is 2.39. The van der Waals surface area contributed by atoms with Crippen LogP contribution in [0.15, 0.2) is 24.4 Å². The zero-order chi connectivity index (χ0) is 12.5. The summed E-state index contributed by atoms with van der Waals surface area (Å²) < 4.78 is 7.24. The van der Waals surface area contributed by atoms with Crippen molar-refractivity contribution in [2.45, 2.75) is 13.0 Å². The number of anilines is 1. The summed E-state index contributed by atoms with van der Waals surface area (Å²) in [4.78, 5) is 2.28. The number of nitriles is 1. The molecule has 1 fully saturated rings. The fourth-order valence-electron chi connectivity index (χ4n) is 2.39. The van der Waals surface area contributed by atoms with Gasteiger partial charge in [0.25, 0.3) is 0 Å². The molecule has 1 saturated heterocycles. The summed E-state index contributed by atoms with van der Waals surface area (Å²) in [6.45, 7) is 4.55. The largest absolute Gasteiger partial charge is 0.375 e. The third-order valence-corrected chi connectivity index (χ3v) is 3.23. The molecule has 5 nitrogen and oxygen atoms in total. The van der Waals surface area contributed by atoms with Gasteiger partial charge >= 0.3 is 0 Å². The van der Waals surface area contributed by atoms with Crippen LogP contribution in [-0.4, -0.2) is 35.4 Å². The fraction of sp³-hybridized carbons (Fsp3) is 0.385. The van der Waals surface area contributed by atoms with Crippen molar-refractivity contribution < 1.29 is 4.74 Å².